The van der Waals surface area contributed by atoms with Crippen LogP contribution in [0, 0.1) is 13.8 Å². The zero-order chi connectivity index (χ0) is 25.4. The van der Waals surface area contributed by atoms with Gasteiger partial charge >= 0.3 is 0 Å². The van der Waals surface area contributed by atoms with Gasteiger partial charge < -0.3 is 9.84 Å². The molecule has 1 amide bonds. The summed E-state index contributed by atoms with van der Waals surface area (Å²) in [6.45, 7) is 7.67. The van der Waals surface area contributed by atoms with Crippen LogP contribution < -0.4 is 9.64 Å². The van der Waals surface area contributed by atoms with Crippen molar-refractivity contribution in [2.45, 2.75) is 39.7 Å². The number of rotatable bonds is 5. The lowest BCUT2D eigenvalue weighted by Crippen LogP contribution is -2.30. The molecule has 0 bridgehead atoms. The lowest BCUT2D eigenvalue weighted by atomic mass is 9.91. The van der Waals surface area contributed by atoms with Crippen LogP contribution in [0.5, 0.6) is 5.75 Å². The summed E-state index contributed by atoms with van der Waals surface area (Å²) < 4.78 is 5.53. The third kappa shape index (κ3) is 4.19. The second-order valence-electron chi connectivity index (χ2n) is 8.90. The number of hydrogen-bond donors (Lipinski definition) is 1. The quantitative estimate of drug-likeness (QED) is 0.265. The molecular formula is C28H27ClN2O4. The Morgan fingerprint density at radius 1 is 1.11 bits per heavy atom. The number of pyridine rings is 1. The molecule has 0 aliphatic carbocycles. The van der Waals surface area contributed by atoms with Gasteiger partial charge in [0.25, 0.3) is 11.7 Å². The van der Waals surface area contributed by atoms with E-state index in [0.29, 0.717) is 33.1 Å². The SMILES string of the molecule is COc1cc(C)c(/C(O)=C2\C(=O)C(=O)N(c3cccc(Cl)c3C)C2c2ccncc2)cc1C(C)C. The minimum atomic E-state index is -0.848. The second kappa shape index (κ2) is 9.55. The minimum absolute atomic E-state index is 0.0172. The molecule has 1 fully saturated rings. The minimum Gasteiger partial charge on any atom is -0.507 e. The van der Waals surface area contributed by atoms with E-state index >= 15 is 0 Å². The van der Waals surface area contributed by atoms with Gasteiger partial charge in [0.15, 0.2) is 0 Å². The van der Waals surface area contributed by atoms with Crippen molar-refractivity contribution in [1.29, 1.82) is 0 Å². The molecule has 1 saturated heterocycles. The average molecular weight is 491 g/mol. The smallest absolute Gasteiger partial charge is 0.300 e. The summed E-state index contributed by atoms with van der Waals surface area (Å²) in [6.07, 6.45) is 3.19. The van der Waals surface area contributed by atoms with Crippen molar-refractivity contribution in [2.24, 2.45) is 0 Å². The van der Waals surface area contributed by atoms with Crippen molar-refractivity contribution in [2.75, 3.05) is 12.0 Å². The average Bonchev–Trinajstić information content (AvgIpc) is 3.10. The molecule has 3 aromatic rings. The van der Waals surface area contributed by atoms with E-state index in [-0.39, 0.29) is 17.3 Å². The molecular weight excluding hydrogens is 464 g/mol. The van der Waals surface area contributed by atoms with E-state index < -0.39 is 17.7 Å². The van der Waals surface area contributed by atoms with Crippen molar-refractivity contribution in [3.8, 4) is 5.75 Å². The molecule has 4 rings (SSSR count). The second-order valence-corrected chi connectivity index (χ2v) is 9.30. The van der Waals surface area contributed by atoms with Gasteiger partial charge in [-0.1, -0.05) is 31.5 Å². The maximum atomic E-state index is 13.5. The number of nitrogens with zero attached hydrogens (tertiary/aromatic N) is 2. The predicted octanol–water partition coefficient (Wildman–Crippen LogP) is 6.11. The molecule has 1 aliphatic heterocycles. The summed E-state index contributed by atoms with van der Waals surface area (Å²) in [5.41, 5.74) is 3.93. The Kier molecular flexibility index (Phi) is 6.68. The Morgan fingerprint density at radius 3 is 2.43 bits per heavy atom. The zero-order valence-electron chi connectivity index (χ0n) is 20.3. The Labute approximate surface area is 209 Å². The highest BCUT2D eigenvalue weighted by molar-refractivity contribution is 6.52. The first kappa shape index (κ1) is 24.5. The van der Waals surface area contributed by atoms with E-state index in [0.717, 1.165) is 11.1 Å². The van der Waals surface area contributed by atoms with Gasteiger partial charge in [0.05, 0.1) is 18.7 Å². The first-order valence-corrected chi connectivity index (χ1v) is 11.7. The van der Waals surface area contributed by atoms with Gasteiger partial charge in [0.2, 0.25) is 0 Å². The van der Waals surface area contributed by atoms with E-state index in [1.807, 2.05) is 32.9 Å². The maximum absolute atomic E-state index is 13.5. The largest absolute Gasteiger partial charge is 0.507 e. The fourth-order valence-corrected chi connectivity index (χ4v) is 4.70. The van der Waals surface area contributed by atoms with Crippen molar-refractivity contribution in [3.63, 3.8) is 0 Å². The summed E-state index contributed by atoms with van der Waals surface area (Å²) in [4.78, 5) is 32.4. The molecule has 2 heterocycles. The molecule has 0 spiro atoms. The molecule has 1 unspecified atom stereocenters. The number of aryl methyl sites for hydroxylation is 1. The number of anilines is 1. The van der Waals surface area contributed by atoms with Crippen LogP contribution in [-0.4, -0.2) is 28.9 Å². The van der Waals surface area contributed by atoms with Crippen molar-refractivity contribution in [3.05, 3.63) is 93.3 Å². The topological polar surface area (TPSA) is 79.7 Å². The predicted molar refractivity (Wildman–Crippen MR) is 137 cm³/mol. The Morgan fingerprint density at radius 2 is 1.80 bits per heavy atom. The number of carbonyl (C=O) groups is 2. The summed E-state index contributed by atoms with van der Waals surface area (Å²) >= 11 is 6.36. The molecule has 2 aromatic carbocycles. The number of methoxy groups -OCH3 is 1. The van der Waals surface area contributed by atoms with Gasteiger partial charge in [-0.25, -0.2) is 0 Å². The van der Waals surface area contributed by atoms with Gasteiger partial charge in [-0.05, 0) is 78.4 Å². The molecule has 180 valence electrons. The molecule has 1 atom stereocenters. The van der Waals surface area contributed by atoms with E-state index in [4.69, 9.17) is 16.3 Å². The van der Waals surface area contributed by atoms with Crippen LogP contribution in [0.3, 0.4) is 0 Å². The van der Waals surface area contributed by atoms with Crippen LogP contribution in [-0.2, 0) is 9.59 Å². The first-order valence-electron chi connectivity index (χ1n) is 11.3. The lowest BCUT2D eigenvalue weighted by Gasteiger charge is -2.27. The van der Waals surface area contributed by atoms with Gasteiger partial charge in [-0.3, -0.25) is 19.5 Å². The maximum Gasteiger partial charge on any atom is 0.300 e. The van der Waals surface area contributed by atoms with Crippen molar-refractivity contribution < 1.29 is 19.4 Å². The fourth-order valence-electron chi connectivity index (χ4n) is 4.53. The monoisotopic (exact) mass is 490 g/mol. The summed E-state index contributed by atoms with van der Waals surface area (Å²) in [6, 6.07) is 11.5. The number of aromatic nitrogens is 1. The van der Waals surface area contributed by atoms with E-state index in [1.54, 1.807) is 56.8 Å². The highest BCUT2D eigenvalue weighted by atomic mass is 35.5. The highest BCUT2D eigenvalue weighted by Crippen LogP contribution is 2.44. The molecule has 1 aromatic heterocycles. The van der Waals surface area contributed by atoms with E-state index in [2.05, 4.69) is 4.98 Å². The number of ether oxygens (including phenoxy) is 1. The van der Waals surface area contributed by atoms with Crippen molar-refractivity contribution in [1.82, 2.24) is 4.98 Å². The number of halogens is 1. The van der Waals surface area contributed by atoms with Gasteiger partial charge in [-0.2, -0.15) is 0 Å². The molecule has 0 saturated carbocycles. The normalized spacial score (nSPS) is 17.3. The molecule has 0 radical (unpaired) electrons. The number of hydrogen-bond acceptors (Lipinski definition) is 5. The Bertz CT molecular complexity index is 1350. The van der Waals surface area contributed by atoms with Gasteiger partial charge in [-0.15, -0.1) is 0 Å². The van der Waals surface area contributed by atoms with Crippen LogP contribution in [0.25, 0.3) is 5.76 Å². The Hall–Kier alpha value is -3.64. The van der Waals surface area contributed by atoms with Crippen LogP contribution in [0.2, 0.25) is 5.02 Å². The van der Waals surface area contributed by atoms with Crippen LogP contribution in [0.1, 0.15) is 53.6 Å². The standard InChI is InChI=1S/C28H27ClN2O4/c1-15(2)19-14-20(16(3)13-23(19)35-5)26(32)24-25(18-9-11-30-12-10-18)31(28(34)27(24)33)22-8-6-7-21(29)17(22)4/h6-15,25,32H,1-5H3/b26-24+. The summed E-state index contributed by atoms with van der Waals surface area (Å²) in [7, 11) is 1.60. The Balaban J connectivity index is 2.01. The zero-order valence-corrected chi connectivity index (χ0v) is 21.1. The van der Waals surface area contributed by atoms with Crippen molar-refractivity contribution >= 4 is 34.7 Å². The van der Waals surface area contributed by atoms with E-state index in [9.17, 15) is 14.7 Å². The number of Topliss-reactive ketones (excluding diaryl/α,β-unsaturated/α-hetero) is 1. The van der Waals surface area contributed by atoms with Crippen LogP contribution in [0.15, 0.2) is 60.4 Å². The highest BCUT2D eigenvalue weighted by Gasteiger charge is 2.47. The fraction of sp³-hybridized carbons (Fsp3) is 0.250. The number of aliphatic hydroxyl groups excluding tert-OH is 1. The number of carbonyl (C=O) groups excluding carboxylic acids is 2. The molecule has 6 nitrogen and oxygen atoms in total. The summed E-state index contributed by atoms with van der Waals surface area (Å²) in [5.74, 6) is -0.896. The third-order valence-electron chi connectivity index (χ3n) is 6.42. The molecule has 1 aliphatic rings. The number of aliphatic hydroxyl groups is 1. The number of ketones is 1. The molecule has 7 heteroatoms. The number of amides is 1. The van der Waals surface area contributed by atoms with Crippen LogP contribution in [0.4, 0.5) is 5.69 Å². The lowest BCUT2D eigenvalue weighted by molar-refractivity contribution is -0.132. The molecule has 1 N–H and O–H groups in total. The first-order chi connectivity index (χ1) is 16.7. The number of benzene rings is 2. The van der Waals surface area contributed by atoms with Crippen LogP contribution >= 0.6 is 11.6 Å². The van der Waals surface area contributed by atoms with E-state index in [1.165, 1.54) is 4.90 Å². The summed E-state index contributed by atoms with van der Waals surface area (Å²) in [5, 5.41) is 12.1. The van der Waals surface area contributed by atoms with Gasteiger partial charge in [0.1, 0.15) is 11.5 Å². The van der Waals surface area contributed by atoms with Gasteiger partial charge in [0, 0.05) is 28.7 Å². The molecule has 35 heavy (non-hydrogen) atoms. The third-order valence-corrected chi connectivity index (χ3v) is 6.83.